The number of benzene rings is 7. The number of hydrogen-bond donors (Lipinski definition) is 0. The Hall–Kier alpha value is -5.99. The van der Waals surface area contributed by atoms with Gasteiger partial charge in [-0.05, 0) is 91.5 Å². The Labute approximate surface area is 267 Å². The van der Waals surface area contributed by atoms with Crippen molar-refractivity contribution in [1.29, 1.82) is 0 Å². The van der Waals surface area contributed by atoms with Gasteiger partial charge in [0, 0.05) is 11.1 Å². The Balaban J connectivity index is 1.27. The number of rotatable bonds is 3. The van der Waals surface area contributed by atoms with E-state index in [0.29, 0.717) is 5.89 Å². The molecule has 0 saturated heterocycles. The minimum atomic E-state index is -0.399. The van der Waals surface area contributed by atoms with Crippen molar-refractivity contribution in [2.75, 3.05) is 0 Å². The van der Waals surface area contributed by atoms with Crippen LogP contribution >= 0.6 is 0 Å². The predicted octanol–water partition coefficient (Wildman–Crippen LogP) is 11.2. The first-order valence-corrected chi connectivity index (χ1v) is 15.8. The van der Waals surface area contributed by atoms with Gasteiger partial charge in [0.05, 0.1) is 5.41 Å². The predicted molar refractivity (Wildman–Crippen MR) is 187 cm³/mol. The van der Waals surface area contributed by atoms with Gasteiger partial charge in [-0.2, -0.15) is 0 Å². The van der Waals surface area contributed by atoms with Crippen molar-refractivity contribution in [2.45, 2.75) is 5.41 Å². The Morgan fingerprint density at radius 1 is 0.370 bits per heavy atom. The maximum Gasteiger partial charge on any atom is 0.227 e. The molecule has 10 rings (SSSR count). The zero-order chi connectivity index (χ0) is 30.2. The normalized spacial score (nSPS) is 13.4. The van der Waals surface area contributed by atoms with Crippen LogP contribution in [0.15, 0.2) is 168 Å². The lowest BCUT2D eigenvalue weighted by molar-refractivity contribution is 0.620. The van der Waals surface area contributed by atoms with E-state index in [1.807, 2.05) is 30.3 Å². The van der Waals surface area contributed by atoms with Crippen LogP contribution in [0.1, 0.15) is 22.3 Å². The van der Waals surface area contributed by atoms with Crippen molar-refractivity contribution < 1.29 is 4.42 Å². The van der Waals surface area contributed by atoms with Gasteiger partial charge in [0.25, 0.3) is 0 Å². The van der Waals surface area contributed by atoms with Crippen molar-refractivity contribution >= 4 is 11.1 Å². The fourth-order valence-electron chi connectivity index (χ4n) is 8.01. The molecule has 0 amide bonds. The van der Waals surface area contributed by atoms with E-state index in [9.17, 15) is 0 Å². The Kier molecular flexibility index (Phi) is 5.24. The van der Waals surface area contributed by atoms with Gasteiger partial charge in [-0.25, -0.2) is 4.98 Å². The van der Waals surface area contributed by atoms with E-state index in [1.165, 1.54) is 44.5 Å². The maximum atomic E-state index is 6.50. The van der Waals surface area contributed by atoms with Crippen LogP contribution in [0.4, 0.5) is 0 Å². The third kappa shape index (κ3) is 3.39. The lowest BCUT2D eigenvalue weighted by Crippen LogP contribution is -2.25. The molecule has 0 aliphatic heterocycles. The quantitative estimate of drug-likeness (QED) is 0.206. The lowest BCUT2D eigenvalue weighted by Gasteiger charge is -2.30. The Morgan fingerprint density at radius 2 is 0.891 bits per heavy atom. The van der Waals surface area contributed by atoms with Gasteiger partial charge in [-0.15, -0.1) is 0 Å². The summed E-state index contributed by atoms with van der Waals surface area (Å²) in [5, 5.41) is 0. The number of hydrogen-bond acceptors (Lipinski definition) is 2. The van der Waals surface area contributed by atoms with Crippen molar-refractivity contribution in [3.05, 3.63) is 186 Å². The average Bonchev–Trinajstić information content (AvgIpc) is 3.79. The highest BCUT2D eigenvalue weighted by atomic mass is 16.3. The van der Waals surface area contributed by atoms with E-state index >= 15 is 0 Å². The molecule has 0 unspecified atom stereocenters. The summed E-state index contributed by atoms with van der Waals surface area (Å²) in [5.74, 6) is 0.630. The van der Waals surface area contributed by atoms with Gasteiger partial charge < -0.3 is 4.42 Å². The SMILES string of the molecule is c1ccc(-c2cc(-c3ccc4c(c3)C3(c5ccccc5-c5ccccc53)c3ccccc3-4)c3nc(-c4ccccc4)oc3c2)cc1. The molecular formula is C44H27NO. The molecule has 1 aromatic heterocycles. The molecule has 0 bridgehead atoms. The van der Waals surface area contributed by atoms with E-state index in [1.54, 1.807) is 0 Å². The van der Waals surface area contributed by atoms with E-state index in [0.717, 1.165) is 38.9 Å². The minimum absolute atomic E-state index is 0.399. The van der Waals surface area contributed by atoms with Crippen LogP contribution in [0.2, 0.25) is 0 Å². The Morgan fingerprint density at radius 3 is 1.50 bits per heavy atom. The van der Waals surface area contributed by atoms with Crippen LogP contribution in [-0.4, -0.2) is 4.98 Å². The van der Waals surface area contributed by atoms with Gasteiger partial charge in [-0.1, -0.05) is 133 Å². The molecule has 1 heterocycles. The van der Waals surface area contributed by atoms with Crippen LogP contribution in [-0.2, 0) is 5.41 Å². The molecule has 0 N–H and O–H groups in total. The zero-order valence-electron chi connectivity index (χ0n) is 24.9. The summed E-state index contributed by atoms with van der Waals surface area (Å²) in [6.45, 7) is 0. The molecule has 46 heavy (non-hydrogen) atoms. The molecular weight excluding hydrogens is 558 g/mol. The van der Waals surface area contributed by atoms with E-state index in [4.69, 9.17) is 9.40 Å². The highest BCUT2D eigenvalue weighted by molar-refractivity contribution is 5.99. The van der Waals surface area contributed by atoms with Gasteiger partial charge in [0.15, 0.2) is 5.58 Å². The van der Waals surface area contributed by atoms with Gasteiger partial charge >= 0.3 is 0 Å². The summed E-state index contributed by atoms with van der Waals surface area (Å²) in [5.41, 5.74) is 17.2. The monoisotopic (exact) mass is 585 g/mol. The second-order valence-electron chi connectivity index (χ2n) is 12.3. The molecule has 2 aliphatic rings. The number of aromatic nitrogens is 1. The molecule has 214 valence electrons. The summed E-state index contributed by atoms with van der Waals surface area (Å²) in [7, 11) is 0. The molecule has 2 aliphatic carbocycles. The largest absolute Gasteiger partial charge is 0.436 e. The molecule has 8 aromatic rings. The van der Waals surface area contributed by atoms with Crippen molar-refractivity contribution in [1.82, 2.24) is 4.98 Å². The lowest BCUT2D eigenvalue weighted by atomic mass is 9.70. The molecule has 0 atom stereocenters. The fourth-order valence-corrected chi connectivity index (χ4v) is 8.01. The molecule has 7 aromatic carbocycles. The molecule has 0 saturated carbocycles. The van der Waals surface area contributed by atoms with Crippen LogP contribution in [0.3, 0.4) is 0 Å². The first-order valence-electron chi connectivity index (χ1n) is 15.8. The number of fused-ring (bicyclic) bond motifs is 11. The molecule has 0 fully saturated rings. The maximum absolute atomic E-state index is 6.50. The van der Waals surface area contributed by atoms with Gasteiger partial charge in [0.1, 0.15) is 5.52 Å². The summed E-state index contributed by atoms with van der Waals surface area (Å²) in [6, 6.07) is 59.0. The smallest absolute Gasteiger partial charge is 0.227 e. The van der Waals surface area contributed by atoms with Gasteiger partial charge in [-0.3, -0.25) is 0 Å². The molecule has 0 radical (unpaired) electrons. The third-order valence-electron chi connectivity index (χ3n) is 9.93. The number of nitrogens with zero attached hydrogens (tertiary/aromatic N) is 1. The fraction of sp³-hybridized carbons (Fsp3) is 0.0227. The Bertz CT molecular complexity index is 2410. The van der Waals surface area contributed by atoms with Crippen LogP contribution in [0.5, 0.6) is 0 Å². The highest BCUT2D eigenvalue weighted by Gasteiger charge is 2.51. The van der Waals surface area contributed by atoms with E-state index in [-0.39, 0.29) is 0 Å². The third-order valence-corrected chi connectivity index (χ3v) is 9.93. The van der Waals surface area contributed by atoms with Crippen molar-refractivity contribution in [2.24, 2.45) is 0 Å². The van der Waals surface area contributed by atoms with Crippen LogP contribution in [0, 0.1) is 0 Å². The minimum Gasteiger partial charge on any atom is -0.436 e. The van der Waals surface area contributed by atoms with Crippen molar-refractivity contribution in [3.8, 4) is 56.0 Å². The van der Waals surface area contributed by atoms with E-state index < -0.39 is 5.41 Å². The van der Waals surface area contributed by atoms with Gasteiger partial charge in [0.2, 0.25) is 5.89 Å². The van der Waals surface area contributed by atoms with Crippen molar-refractivity contribution in [3.63, 3.8) is 0 Å². The van der Waals surface area contributed by atoms with Crippen LogP contribution in [0.25, 0.3) is 67.1 Å². The summed E-state index contributed by atoms with van der Waals surface area (Å²) < 4.78 is 6.50. The first-order chi connectivity index (χ1) is 22.8. The standard InChI is InChI=1S/C44H27NO/c1-3-13-28(14-4-1)31-25-36(42-41(27-31)46-43(45-42)29-15-5-2-6-16-29)30-23-24-35-34-19-9-12-22-39(34)44(40(35)26-30)37-20-10-7-17-32(37)33-18-8-11-21-38(33)44/h1-27H. The highest BCUT2D eigenvalue weighted by Crippen LogP contribution is 2.63. The second kappa shape index (κ2) is 9.50. The second-order valence-corrected chi connectivity index (χ2v) is 12.3. The van der Waals surface area contributed by atoms with E-state index in [2.05, 4.69) is 133 Å². The number of oxazole rings is 1. The first kappa shape index (κ1) is 25.3. The summed E-state index contributed by atoms with van der Waals surface area (Å²) >= 11 is 0. The van der Waals surface area contributed by atoms with Crippen LogP contribution < -0.4 is 0 Å². The summed E-state index contributed by atoms with van der Waals surface area (Å²) in [4.78, 5) is 5.12. The average molecular weight is 586 g/mol. The summed E-state index contributed by atoms with van der Waals surface area (Å²) in [6.07, 6.45) is 0. The molecule has 2 nitrogen and oxygen atoms in total. The molecule has 1 spiro atoms. The molecule has 2 heteroatoms. The zero-order valence-corrected chi connectivity index (χ0v) is 24.9. The topological polar surface area (TPSA) is 26.0 Å².